The molecule has 0 spiro atoms. The van der Waals surface area contributed by atoms with Crippen LogP contribution in [0.1, 0.15) is 11.3 Å². The third kappa shape index (κ3) is 2.12. The Bertz CT molecular complexity index is 1230. The van der Waals surface area contributed by atoms with E-state index in [1.165, 1.54) is 12.3 Å². The number of halogens is 2. The Balaban J connectivity index is 2.25. The minimum Gasteiger partial charge on any atom is -0.394 e. The van der Waals surface area contributed by atoms with Crippen LogP contribution in [-0.4, -0.2) is 20.2 Å². The molecule has 0 aliphatic heterocycles. The fourth-order valence-electron chi connectivity index (χ4n) is 3.08. The Hall–Kier alpha value is -2.93. The maximum absolute atomic E-state index is 14.0. The molecular weight excluding hydrogens is 345 g/mol. The van der Waals surface area contributed by atoms with E-state index in [0.29, 0.717) is 43.8 Å². The van der Waals surface area contributed by atoms with E-state index in [4.69, 9.17) is 17.3 Å². The topological polar surface area (TPSA) is 100 Å². The number of rotatable bonds is 1. The average molecular weight is 358 g/mol. The molecule has 0 amide bonds. The van der Waals surface area contributed by atoms with Crippen LogP contribution in [0.25, 0.3) is 33.1 Å². The van der Waals surface area contributed by atoms with Crippen molar-refractivity contribution >= 4 is 39.2 Å². The van der Waals surface area contributed by atoms with Gasteiger partial charge in [0.05, 0.1) is 27.9 Å². The molecule has 0 radical (unpaired) electrons. The smallest absolute Gasteiger partial charge is 0.272 e. The number of fused-ring (bicyclic) bond motifs is 2. The zero-order valence-electron chi connectivity index (χ0n) is 13.4. The predicted octanol–water partition coefficient (Wildman–Crippen LogP) is 3.46. The Morgan fingerprint density at radius 3 is 2.76 bits per heavy atom. The molecule has 0 unspecified atom stereocenters. The number of aromatic amines is 2. The molecule has 126 valence electrons. The maximum Gasteiger partial charge on any atom is 0.272 e. The lowest BCUT2D eigenvalue weighted by molar-refractivity contribution is 0.636. The molecular formula is C17H13ClFN5O. The first-order valence-electron chi connectivity index (χ1n) is 7.50. The van der Waals surface area contributed by atoms with Crippen LogP contribution in [0.5, 0.6) is 0 Å². The molecule has 3 aromatic heterocycles. The number of H-pyrrole nitrogens is 2. The Morgan fingerprint density at radius 1 is 1.24 bits per heavy atom. The molecule has 0 atom stereocenters. The zero-order chi connectivity index (χ0) is 17.9. The van der Waals surface area contributed by atoms with E-state index in [9.17, 15) is 9.18 Å². The number of nitrogen functional groups attached to an aromatic ring is 1. The standard InChI is InChI=1S/C17H13ClFN5O/c1-6-12(18)7(2)22-16-11(13(20)17(25)23-14(6)16)8-3-4-10(19)15-9(8)5-21-24-15/h3-5H,20H2,1-2H3,(H,21,24)(H,23,25). The molecule has 0 bridgehead atoms. The van der Waals surface area contributed by atoms with Gasteiger partial charge in [-0.2, -0.15) is 5.10 Å². The third-order valence-electron chi connectivity index (χ3n) is 4.36. The van der Waals surface area contributed by atoms with Crippen LogP contribution in [0.4, 0.5) is 10.1 Å². The summed E-state index contributed by atoms with van der Waals surface area (Å²) in [6, 6.07) is 2.87. The van der Waals surface area contributed by atoms with Crippen molar-refractivity contribution in [1.29, 1.82) is 0 Å². The second-order valence-electron chi connectivity index (χ2n) is 5.86. The average Bonchev–Trinajstić information content (AvgIpc) is 3.07. The van der Waals surface area contributed by atoms with Crippen molar-refractivity contribution in [1.82, 2.24) is 20.2 Å². The molecule has 4 rings (SSSR count). The van der Waals surface area contributed by atoms with Gasteiger partial charge in [0.15, 0.2) is 0 Å². The summed E-state index contributed by atoms with van der Waals surface area (Å²) in [5, 5.41) is 7.51. The van der Waals surface area contributed by atoms with E-state index in [-0.39, 0.29) is 11.2 Å². The molecule has 4 N–H and O–H groups in total. The molecule has 0 saturated heterocycles. The van der Waals surface area contributed by atoms with Gasteiger partial charge in [-0.15, -0.1) is 0 Å². The van der Waals surface area contributed by atoms with Gasteiger partial charge in [0.25, 0.3) is 5.56 Å². The molecule has 3 heterocycles. The Morgan fingerprint density at radius 2 is 2.00 bits per heavy atom. The van der Waals surface area contributed by atoms with Crippen molar-refractivity contribution in [2.45, 2.75) is 13.8 Å². The highest BCUT2D eigenvalue weighted by Gasteiger charge is 2.20. The molecule has 8 heteroatoms. The second kappa shape index (κ2) is 5.29. The molecule has 25 heavy (non-hydrogen) atoms. The molecule has 1 aromatic carbocycles. The van der Waals surface area contributed by atoms with Gasteiger partial charge in [-0.25, -0.2) is 9.37 Å². The van der Waals surface area contributed by atoms with E-state index >= 15 is 0 Å². The van der Waals surface area contributed by atoms with E-state index < -0.39 is 11.4 Å². The number of benzene rings is 1. The number of hydrogen-bond donors (Lipinski definition) is 3. The summed E-state index contributed by atoms with van der Waals surface area (Å²) in [6.45, 7) is 3.57. The van der Waals surface area contributed by atoms with Crippen LogP contribution >= 0.6 is 11.6 Å². The van der Waals surface area contributed by atoms with Crippen LogP contribution in [0, 0.1) is 19.7 Å². The van der Waals surface area contributed by atoms with Crippen LogP contribution in [0.3, 0.4) is 0 Å². The Labute approximate surface area is 145 Å². The first-order chi connectivity index (χ1) is 11.9. The summed E-state index contributed by atoms with van der Waals surface area (Å²) < 4.78 is 14.0. The second-order valence-corrected chi connectivity index (χ2v) is 6.23. The van der Waals surface area contributed by atoms with Gasteiger partial charge in [0.1, 0.15) is 17.0 Å². The van der Waals surface area contributed by atoms with E-state index in [1.807, 2.05) is 0 Å². The number of pyridine rings is 2. The van der Waals surface area contributed by atoms with Crippen LogP contribution < -0.4 is 11.3 Å². The highest BCUT2D eigenvalue weighted by molar-refractivity contribution is 6.32. The number of hydrogen-bond acceptors (Lipinski definition) is 4. The third-order valence-corrected chi connectivity index (χ3v) is 4.92. The number of nitrogens with one attached hydrogen (secondary N) is 2. The van der Waals surface area contributed by atoms with Crippen molar-refractivity contribution in [3.05, 3.63) is 50.8 Å². The highest BCUT2D eigenvalue weighted by Crippen LogP contribution is 2.37. The number of aromatic nitrogens is 4. The van der Waals surface area contributed by atoms with Gasteiger partial charge >= 0.3 is 0 Å². The summed E-state index contributed by atoms with van der Waals surface area (Å²) in [4.78, 5) is 19.6. The number of nitrogens with zero attached hydrogens (tertiary/aromatic N) is 2. The summed E-state index contributed by atoms with van der Waals surface area (Å²) in [7, 11) is 0. The fourth-order valence-corrected chi connectivity index (χ4v) is 3.22. The van der Waals surface area contributed by atoms with E-state index in [0.717, 1.165) is 0 Å². The minimum absolute atomic E-state index is 0.00947. The van der Waals surface area contributed by atoms with Gasteiger partial charge in [-0.1, -0.05) is 17.7 Å². The SMILES string of the molecule is Cc1nc2c(-c3ccc(F)c4[nH]ncc34)c(N)c(=O)[nH]c2c(C)c1Cl. The van der Waals surface area contributed by atoms with Gasteiger partial charge in [0, 0.05) is 10.9 Å². The van der Waals surface area contributed by atoms with Crippen LogP contribution in [0.2, 0.25) is 5.02 Å². The van der Waals surface area contributed by atoms with Gasteiger partial charge in [-0.05, 0) is 31.0 Å². The normalized spacial score (nSPS) is 11.5. The summed E-state index contributed by atoms with van der Waals surface area (Å²) in [5.41, 5.74) is 9.22. The lowest BCUT2D eigenvalue weighted by atomic mass is 9.98. The van der Waals surface area contributed by atoms with E-state index in [2.05, 4.69) is 20.2 Å². The molecule has 6 nitrogen and oxygen atoms in total. The van der Waals surface area contributed by atoms with Gasteiger partial charge in [0.2, 0.25) is 0 Å². The lowest BCUT2D eigenvalue weighted by Gasteiger charge is -2.14. The lowest BCUT2D eigenvalue weighted by Crippen LogP contribution is -2.15. The highest BCUT2D eigenvalue weighted by atomic mass is 35.5. The van der Waals surface area contributed by atoms with Crippen molar-refractivity contribution in [3.8, 4) is 11.1 Å². The molecule has 0 fully saturated rings. The number of aryl methyl sites for hydroxylation is 2. The first kappa shape index (κ1) is 15.6. The van der Waals surface area contributed by atoms with Crippen LogP contribution in [-0.2, 0) is 0 Å². The van der Waals surface area contributed by atoms with Crippen molar-refractivity contribution in [2.24, 2.45) is 0 Å². The number of nitrogens with two attached hydrogens (primary N) is 1. The maximum atomic E-state index is 14.0. The van der Waals surface area contributed by atoms with Crippen LogP contribution in [0.15, 0.2) is 23.1 Å². The first-order valence-corrected chi connectivity index (χ1v) is 7.88. The fraction of sp³-hybridized carbons (Fsp3) is 0.118. The Kier molecular flexibility index (Phi) is 3.30. The number of anilines is 1. The summed E-state index contributed by atoms with van der Waals surface area (Å²) in [5.74, 6) is -0.438. The van der Waals surface area contributed by atoms with Gasteiger partial charge in [-0.3, -0.25) is 9.89 Å². The van der Waals surface area contributed by atoms with Crippen molar-refractivity contribution in [2.75, 3.05) is 5.73 Å². The molecule has 0 aliphatic rings. The molecule has 0 saturated carbocycles. The quantitative estimate of drug-likeness (QED) is 0.485. The molecule has 4 aromatic rings. The van der Waals surface area contributed by atoms with Gasteiger partial charge < -0.3 is 10.7 Å². The van der Waals surface area contributed by atoms with Crippen molar-refractivity contribution < 1.29 is 4.39 Å². The van der Waals surface area contributed by atoms with Crippen molar-refractivity contribution in [3.63, 3.8) is 0 Å². The minimum atomic E-state index is -0.451. The summed E-state index contributed by atoms with van der Waals surface area (Å²) in [6.07, 6.45) is 1.50. The summed E-state index contributed by atoms with van der Waals surface area (Å²) >= 11 is 6.27. The zero-order valence-corrected chi connectivity index (χ0v) is 14.1. The molecule has 0 aliphatic carbocycles. The largest absolute Gasteiger partial charge is 0.394 e. The predicted molar refractivity (Wildman–Crippen MR) is 96.3 cm³/mol. The monoisotopic (exact) mass is 357 g/mol. The van der Waals surface area contributed by atoms with E-state index in [1.54, 1.807) is 19.9 Å².